The molecule has 0 amide bonds. The van der Waals surface area contributed by atoms with Crippen molar-refractivity contribution in [3.8, 4) is 0 Å². The first-order chi connectivity index (χ1) is 9.63. The van der Waals surface area contributed by atoms with Crippen LogP contribution in [0.2, 0.25) is 0 Å². The highest BCUT2D eigenvalue weighted by molar-refractivity contribution is 5.73. The Balaban J connectivity index is 0.000000246. The number of nitrogens with two attached hydrogens (primary N) is 1. The molecule has 0 saturated heterocycles. The summed E-state index contributed by atoms with van der Waals surface area (Å²) in [7, 11) is 0. The van der Waals surface area contributed by atoms with Crippen LogP contribution in [0.15, 0.2) is 0 Å². The SMILES string of the molecule is C1CCC(NC2CCCCC2)CC1.NC(CO)C(=O)O. The summed E-state index contributed by atoms with van der Waals surface area (Å²) in [6, 6.07) is 0.619. The molecule has 2 saturated carbocycles. The highest BCUT2D eigenvalue weighted by atomic mass is 16.4. The molecule has 0 radical (unpaired) electrons. The van der Waals surface area contributed by atoms with Crippen molar-refractivity contribution in [1.82, 2.24) is 5.32 Å². The molecule has 1 atom stereocenters. The van der Waals surface area contributed by atoms with Crippen LogP contribution in [0.1, 0.15) is 64.2 Å². The van der Waals surface area contributed by atoms with Crippen molar-refractivity contribution in [3.05, 3.63) is 0 Å². The molecule has 5 nitrogen and oxygen atoms in total. The second-order valence-electron chi connectivity index (χ2n) is 5.96. The van der Waals surface area contributed by atoms with Crippen LogP contribution in [0, 0.1) is 0 Å². The summed E-state index contributed by atoms with van der Waals surface area (Å²) in [6.07, 6.45) is 14.6. The molecule has 1 unspecified atom stereocenters. The zero-order valence-corrected chi connectivity index (χ0v) is 12.4. The molecule has 0 heterocycles. The number of carboxylic acids is 1. The van der Waals surface area contributed by atoms with Crippen molar-refractivity contribution >= 4 is 5.97 Å². The fourth-order valence-corrected chi connectivity index (χ4v) is 2.95. The monoisotopic (exact) mass is 286 g/mol. The normalized spacial score (nSPS) is 22.7. The summed E-state index contributed by atoms with van der Waals surface area (Å²) in [5.41, 5.74) is 4.77. The Morgan fingerprint density at radius 3 is 1.65 bits per heavy atom. The molecule has 5 N–H and O–H groups in total. The Morgan fingerprint density at radius 1 is 1.00 bits per heavy atom. The first-order valence-corrected chi connectivity index (χ1v) is 7.98. The summed E-state index contributed by atoms with van der Waals surface area (Å²) in [6.45, 7) is -0.505. The minimum atomic E-state index is -1.18. The van der Waals surface area contributed by atoms with Gasteiger partial charge in [0.1, 0.15) is 6.04 Å². The predicted molar refractivity (Wildman–Crippen MR) is 79.6 cm³/mol. The number of rotatable bonds is 4. The molecule has 0 aromatic heterocycles. The van der Waals surface area contributed by atoms with Gasteiger partial charge in [-0.25, -0.2) is 0 Å². The van der Waals surface area contributed by atoms with E-state index in [9.17, 15) is 4.79 Å². The largest absolute Gasteiger partial charge is 0.480 e. The Bertz CT molecular complexity index is 246. The number of aliphatic hydroxyl groups excluding tert-OH is 1. The molecule has 0 bridgehead atoms. The van der Waals surface area contributed by atoms with Crippen LogP contribution in [0.5, 0.6) is 0 Å². The van der Waals surface area contributed by atoms with Crippen LogP contribution in [0.3, 0.4) is 0 Å². The van der Waals surface area contributed by atoms with Gasteiger partial charge in [-0.2, -0.15) is 0 Å². The maximum Gasteiger partial charge on any atom is 0.322 e. The Hall–Kier alpha value is -0.650. The lowest BCUT2D eigenvalue weighted by Crippen LogP contribution is -2.40. The number of carbonyl (C=O) groups is 1. The van der Waals surface area contributed by atoms with E-state index in [4.69, 9.17) is 15.9 Å². The van der Waals surface area contributed by atoms with Crippen LogP contribution < -0.4 is 11.1 Å². The molecule has 0 aromatic carbocycles. The van der Waals surface area contributed by atoms with Gasteiger partial charge < -0.3 is 21.3 Å². The highest BCUT2D eigenvalue weighted by Gasteiger charge is 2.19. The summed E-state index contributed by atoms with van der Waals surface area (Å²) in [5, 5.41) is 19.8. The maximum atomic E-state index is 9.65. The van der Waals surface area contributed by atoms with E-state index >= 15 is 0 Å². The molecular weight excluding hydrogens is 256 g/mol. The van der Waals surface area contributed by atoms with Gasteiger partial charge in [-0.1, -0.05) is 38.5 Å². The van der Waals surface area contributed by atoms with Gasteiger partial charge in [0.25, 0.3) is 0 Å². The summed E-state index contributed by atoms with van der Waals surface area (Å²) >= 11 is 0. The van der Waals surface area contributed by atoms with E-state index in [2.05, 4.69) is 5.32 Å². The quantitative estimate of drug-likeness (QED) is 0.630. The number of nitrogens with one attached hydrogen (secondary N) is 1. The van der Waals surface area contributed by atoms with Gasteiger partial charge in [0.15, 0.2) is 0 Å². The first-order valence-electron chi connectivity index (χ1n) is 7.98. The number of hydrogen-bond acceptors (Lipinski definition) is 4. The van der Waals surface area contributed by atoms with E-state index in [1.807, 2.05) is 0 Å². The third-order valence-corrected chi connectivity index (χ3v) is 4.20. The summed E-state index contributed by atoms with van der Waals surface area (Å²) in [4.78, 5) is 9.65. The minimum Gasteiger partial charge on any atom is -0.480 e. The molecule has 2 fully saturated rings. The van der Waals surface area contributed by atoms with Crippen LogP contribution >= 0.6 is 0 Å². The molecule has 118 valence electrons. The fourth-order valence-electron chi connectivity index (χ4n) is 2.95. The lowest BCUT2D eigenvalue weighted by molar-refractivity contribution is -0.139. The lowest BCUT2D eigenvalue weighted by Gasteiger charge is -2.30. The molecule has 2 aliphatic rings. The topological polar surface area (TPSA) is 95.6 Å². The Labute approximate surface area is 121 Å². The molecular formula is C15H30N2O3. The molecule has 0 aromatic rings. The average molecular weight is 286 g/mol. The smallest absolute Gasteiger partial charge is 0.322 e. The van der Waals surface area contributed by atoms with Crippen molar-refractivity contribution < 1.29 is 15.0 Å². The Kier molecular flexibility index (Phi) is 8.82. The zero-order valence-electron chi connectivity index (χ0n) is 12.4. The third-order valence-electron chi connectivity index (χ3n) is 4.20. The first kappa shape index (κ1) is 17.4. The second-order valence-corrected chi connectivity index (χ2v) is 5.96. The number of aliphatic hydroxyl groups is 1. The van der Waals surface area contributed by atoms with Gasteiger partial charge in [0.05, 0.1) is 6.61 Å². The van der Waals surface area contributed by atoms with Crippen LogP contribution in [0.4, 0.5) is 0 Å². The number of aliphatic carboxylic acids is 1. The van der Waals surface area contributed by atoms with Gasteiger partial charge in [-0.3, -0.25) is 4.79 Å². The molecule has 2 aliphatic carbocycles. The number of hydrogen-bond donors (Lipinski definition) is 4. The summed E-state index contributed by atoms with van der Waals surface area (Å²) < 4.78 is 0. The van der Waals surface area contributed by atoms with Crippen molar-refractivity contribution in [3.63, 3.8) is 0 Å². The van der Waals surface area contributed by atoms with E-state index < -0.39 is 18.6 Å². The number of carboxylic acid groups (broad SMARTS) is 1. The third kappa shape index (κ3) is 7.22. The van der Waals surface area contributed by atoms with Crippen LogP contribution in [0.25, 0.3) is 0 Å². The van der Waals surface area contributed by atoms with Gasteiger partial charge in [0, 0.05) is 12.1 Å². The van der Waals surface area contributed by atoms with Crippen molar-refractivity contribution in [2.24, 2.45) is 5.73 Å². The van der Waals surface area contributed by atoms with Crippen LogP contribution in [-0.4, -0.2) is 40.9 Å². The highest BCUT2D eigenvalue weighted by Crippen LogP contribution is 2.22. The van der Waals surface area contributed by atoms with E-state index in [-0.39, 0.29) is 0 Å². The standard InChI is InChI=1S/C12H23N.C3H7NO3/c1-3-7-11(8-4-1)13-12-9-5-2-6-10-12;4-2(1-5)3(6)7/h11-13H,1-10H2;2,5H,1,4H2,(H,6,7). The van der Waals surface area contributed by atoms with Crippen molar-refractivity contribution in [2.75, 3.05) is 6.61 Å². The zero-order chi connectivity index (χ0) is 14.8. The predicted octanol–water partition coefficient (Wildman–Crippen LogP) is 1.63. The molecule has 5 heteroatoms. The van der Waals surface area contributed by atoms with Gasteiger partial charge >= 0.3 is 5.97 Å². The average Bonchev–Trinajstić information content (AvgIpc) is 2.49. The van der Waals surface area contributed by atoms with E-state index in [1.54, 1.807) is 0 Å². The van der Waals surface area contributed by atoms with Crippen molar-refractivity contribution in [2.45, 2.75) is 82.3 Å². The van der Waals surface area contributed by atoms with E-state index in [0.717, 1.165) is 12.1 Å². The Morgan fingerprint density at radius 2 is 1.40 bits per heavy atom. The molecule has 0 aliphatic heterocycles. The maximum absolute atomic E-state index is 9.65. The molecule has 2 rings (SSSR count). The van der Waals surface area contributed by atoms with Gasteiger partial charge in [0.2, 0.25) is 0 Å². The van der Waals surface area contributed by atoms with Gasteiger partial charge in [-0.15, -0.1) is 0 Å². The molecule has 20 heavy (non-hydrogen) atoms. The lowest BCUT2D eigenvalue weighted by atomic mass is 9.91. The van der Waals surface area contributed by atoms with E-state index in [1.165, 1.54) is 64.2 Å². The van der Waals surface area contributed by atoms with Crippen LogP contribution in [-0.2, 0) is 4.79 Å². The molecule has 0 spiro atoms. The summed E-state index contributed by atoms with van der Waals surface area (Å²) in [5.74, 6) is -1.18. The van der Waals surface area contributed by atoms with Crippen molar-refractivity contribution in [1.29, 1.82) is 0 Å². The fraction of sp³-hybridized carbons (Fsp3) is 0.933. The second kappa shape index (κ2) is 10.1. The van der Waals surface area contributed by atoms with Gasteiger partial charge in [-0.05, 0) is 25.7 Å². The minimum absolute atomic E-state index is 0.505. The van der Waals surface area contributed by atoms with E-state index in [0.29, 0.717) is 0 Å².